The maximum atomic E-state index is 13.5. The molecule has 5 nitrogen and oxygen atoms in total. The Bertz CT molecular complexity index is 839. The molecule has 2 aromatic rings. The van der Waals surface area contributed by atoms with Crippen LogP contribution in [0.3, 0.4) is 0 Å². The fourth-order valence-electron chi connectivity index (χ4n) is 3.54. The lowest BCUT2D eigenvalue weighted by molar-refractivity contribution is -0.133. The highest BCUT2D eigenvalue weighted by molar-refractivity contribution is 8.08. The van der Waals surface area contributed by atoms with Crippen molar-refractivity contribution in [2.75, 3.05) is 25.5 Å². The zero-order valence-electron chi connectivity index (χ0n) is 16.1. The molecule has 1 atom stereocenters. The maximum Gasteiger partial charge on any atom is 0.290 e. The Kier molecular flexibility index (Phi) is 6.07. The van der Waals surface area contributed by atoms with Crippen LogP contribution in [0.5, 0.6) is 0 Å². The minimum absolute atomic E-state index is 0.0667. The fraction of sp³-hybridized carbons (Fsp3) is 0.409. The smallest absolute Gasteiger partial charge is 0.290 e. The van der Waals surface area contributed by atoms with Crippen molar-refractivity contribution in [2.24, 2.45) is 0 Å². The van der Waals surface area contributed by atoms with E-state index in [0.29, 0.717) is 25.5 Å². The number of hydrogen-bond acceptors (Lipinski definition) is 5. The topological polar surface area (TPSA) is 51.9 Å². The quantitative estimate of drug-likeness (QED) is 0.728. The van der Waals surface area contributed by atoms with Gasteiger partial charge in [-0.15, -0.1) is 11.8 Å². The van der Waals surface area contributed by atoms with Gasteiger partial charge in [0.15, 0.2) is 5.76 Å². The molecule has 1 amide bonds. The molecule has 2 aliphatic rings. The van der Waals surface area contributed by atoms with E-state index in [0.717, 1.165) is 47.2 Å². The zero-order valence-corrected chi connectivity index (χ0v) is 16.9. The van der Waals surface area contributed by atoms with Gasteiger partial charge in [0.25, 0.3) is 5.91 Å². The second-order valence-corrected chi connectivity index (χ2v) is 8.16. The van der Waals surface area contributed by atoms with Crippen molar-refractivity contribution in [3.63, 3.8) is 0 Å². The van der Waals surface area contributed by atoms with Gasteiger partial charge in [0, 0.05) is 18.9 Å². The van der Waals surface area contributed by atoms with Gasteiger partial charge in [0.1, 0.15) is 11.5 Å². The van der Waals surface area contributed by atoms with Crippen molar-refractivity contribution < 1.29 is 18.7 Å². The van der Waals surface area contributed by atoms with E-state index in [9.17, 15) is 4.79 Å². The third-order valence-electron chi connectivity index (χ3n) is 4.89. The molecule has 0 bridgehead atoms. The van der Waals surface area contributed by atoms with Gasteiger partial charge >= 0.3 is 0 Å². The third-order valence-corrected chi connectivity index (χ3v) is 5.97. The normalized spacial score (nSPS) is 19.5. The third kappa shape index (κ3) is 4.45. The Morgan fingerprint density at radius 3 is 2.75 bits per heavy atom. The molecule has 0 N–H and O–H groups in total. The van der Waals surface area contributed by atoms with Gasteiger partial charge in [0.2, 0.25) is 0 Å². The summed E-state index contributed by atoms with van der Waals surface area (Å²) in [5, 5.41) is 0. The predicted octanol–water partition coefficient (Wildman–Crippen LogP) is 4.23. The van der Waals surface area contributed by atoms with Crippen LogP contribution in [0.15, 0.2) is 52.6 Å². The van der Waals surface area contributed by atoms with Crippen LogP contribution >= 0.6 is 11.8 Å². The summed E-state index contributed by atoms with van der Waals surface area (Å²) in [6.07, 6.45) is 2.08. The summed E-state index contributed by atoms with van der Waals surface area (Å²) >= 11 is 1.68. The van der Waals surface area contributed by atoms with Crippen molar-refractivity contribution in [2.45, 2.75) is 32.4 Å². The molecule has 28 heavy (non-hydrogen) atoms. The number of benzene rings is 1. The summed E-state index contributed by atoms with van der Waals surface area (Å²) in [5.41, 5.74) is 1.02. The average molecular weight is 400 g/mol. The number of ether oxygens (including phenoxy) is 2. The summed E-state index contributed by atoms with van der Waals surface area (Å²) in [5.74, 6) is 2.78. The molecule has 0 spiro atoms. The number of carbonyl (C=O) groups excluding carboxylic acids is 1. The van der Waals surface area contributed by atoms with Crippen LogP contribution in [-0.2, 0) is 20.8 Å². The lowest BCUT2D eigenvalue weighted by Crippen LogP contribution is -2.39. The molecule has 1 saturated heterocycles. The molecule has 1 unspecified atom stereocenters. The van der Waals surface area contributed by atoms with E-state index in [1.54, 1.807) is 16.7 Å². The molecule has 0 radical (unpaired) electrons. The first-order chi connectivity index (χ1) is 13.7. The van der Waals surface area contributed by atoms with E-state index >= 15 is 0 Å². The largest absolute Gasteiger partial charge is 0.486 e. The number of furan rings is 1. The number of rotatable bonds is 6. The molecule has 4 rings (SSSR count). The van der Waals surface area contributed by atoms with E-state index in [1.807, 2.05) is 49.4 Å². The molecule has 2 aliphatic heterocycles. The molecular formula is C22H25NO4S. The van der Waals surface area contributed by atoms with Crippen LogP contribution in [0.25, 0.3) is 4.91 Å². The fourth-order valence-corrected chi connectivity index (χ4v) is 4.49. The SMILES string of the molecule is Cc1ccc(CN(CC2CCCO2)C(=O)C2=C(c3ccccc3)SCCO2)o1. The summed E-state index contributed by atoms with van der Waals surface area (Å²) in [6, 6.07) is 13.8. The van der Waals surface area contributed by atoms with Crippen LogP contribution in [0.2, 0.25) is 0 Å². The number of nitrogens with zero attached hydrogens (tertiary/aromatic N) is 1. The molecular weight excluding hydrogens is 374 g/mol. The second kappa shape index (κ2) is 8.88. The van der Waals surface area contributed by atoms with Crippen molar-refractivity contribution in [1.82, 2.24) is 4.90 Å². The Labute approximate surface area is 169 Å². The maximum absolute atomic E-state index is 13.5. The molecule has 3 heterocycles. The first-order valence-corrected chi connectivity index (χ1v) is 10.7. The first-order valence-electron chi connectivity index (χ1n) is 9.72. The minimum Gasteiger partial charge on any atom is -0.486 e. The Morgan fingerprint density at radius 2 is 2.04 bits per heavy atom. The second-order valence-electron chi connectivity index (χ2n) is 7.05. The Hall–Kier alpha value is -2.18. The zero-order chi connectivity index (χ0) is 19.3. The van der Waals surface area contributed by atoms with Gasteiger partial charge in [-0.2, -0.15) is 0 Å². The molecule has 0 aliphatic carbocycles. The van der Waals surface area contributed by atoms with Crippen LogP contribution in [0.1, 0.15) is 29.9 Å². The highest BCUT2D eigenvalue weighted by Crippen LogP contribution is 2.35. The summed E-state index contributed by atoms with van der Waals surface area (Å²) in [4.78, 5) is 16.2. The Balaban J connectivity index is 1.63. The van der Waals surface area contributed by atoms with Gasteiger partial charge in [-0.25, -0.2) is 0 Å². The van der Waals surface area contributed by atoms with Crippen molar-refractivity contribution in [1.29, 1.82) is 0 Å². The monoisotopic (exact) mass is 399 g/mol. The van der Waals surface area contributed by atoms with E-state index < -0.39 is 0 Å². The van der Waals surface area contributed by atoms with Gasteiger partial charge in [-0.1, -0.05) is 30.3 Å². The molecule has 1 aromatic carbocycles. The highest BCUT2D eigenvalue weighted by Gasteiger charge is 2.30. The van der Waals surface area contributed by atoms with E-state index in [1.165, 1.54) is 0 Å². The standard InChI is InChI=1S/C22H25NO4S/c1-16-9-10-19(27-16)15-23(14-18-8-5-11-25-18)22(24)20-21(28-13-12-26-20)17-6-3-2-4-7-17/h2-4,6-7,9-10,18H,5,8,11-15H2,1H3. The number of thioether (sulfide) groups is 1. The summed E-state index contributed by atoms with van der Waals surface area (Å²) in [7, 11) is 0. The number of amides is 1. The first kappa shape index (κ1) is 19.2. The Morgan fingerprint density at radius 1 is 1.18 bits per heavy atom. The van der Waals surface area contributed by atoms with E-state index in [4.69, 9.17) is 13.9 Å². The van der Waals surface area contributed by atoms with Gasteiger partial charge in [-0.05, 0) is 37.5 Å². The highest BCUT2D eigenvalue weighted by atomic mass is 32.2. The van der Waals surface area contributed by atoms with Crippen LogP contribution < -0.4 is 0 Å². The molecule has 1 aromatic heterocycles. The number of hydrogen-bond donors (Lipinski definition) is 0. The van der Waals surface area contributed by atoms with Gasteiger partial charge < -0.3 is 18.8 Å². The van der Waals surface area contributed by atoms with E-state index in [-0.39, 0.29) is 12.0 Å². The van der Waals surface area contributed by atoms with Gasteiger partial charge in [0.05, 0.1) is 24.2 Å². The van der Waals surface area contributed by atoms with Crippen molar-refractivity contribution in [3.05, 3.63) is 65.3 Å². The number of carbonyl (C=O) groups is 1. The molecule has 6 heteroatoms. The molecule has 1 fully saturated rings. The van der Waals surface area contributed by atoms with Crippen LogP contribution in [-0.4, -0.2) is 42.4 Å². The lowest BCUT2D eigenvalue weighted by Gasteiger charge is -2.28. The lowest BCUT2D eigenvalue weighted by atomic mass is 10.1. The minimum atomic E-state index is -0.101. The van der Waals surface area contributed by atoms with Crippen molar-refractivity contribution >= 4 is 22.6 Å². The molecule has 0 saturated carbocycles. The van der Waals surface area contributed by atoms with Crippen LogP contribution in [0, 0.1) is 6.92 Å². The predicted molar refractivity (Wildman–Crippen MR) is 110 cm³/mol. The van der Waals surface area contributed by atoms with Gasteiger partial charge in [-0.3, -0.25) is 4.79 Å². The molecule has 148 valence electrons. The average Bonchev–Trinajstić information content (AvgIpc) is 3.39. The summed E-state index contributed by atoms with van der Waals surface area (Å²) in [6.45, 7) is 4.16. The van der Waals surface area contributed by atoms with E-state index in [2.05, 4.69) is 0 Å². The van der Waals surface area contributed by atoms with Crippen LogP contribution in [0.4, 0.5) is 0 Å². The summed E-state index contributed by atoms with van der Waals surface area (Å²) < 4.78 is 17.4. The van der Waals surface area contributed by atoms with Crippen molar-refractivity contribution in [3.8, 4) is 0 Å². The number of aryl methyl sites for hydroxylation is 1.